The van der Waals surface area contributed by atoms with Gasteiger partial charge in [0.25, 0.3) is 5.91 Å². The van der Waals surface area contributed by atoms with Crippen molar-refractivity contribution < 1.29 is 14.7 Å². The molecule has 0 atom stereocenters. The molecular weight excluding hydrogens is 432 g/mol. The molecule has 0 aliphatic rings. The van der Waals surface area contributed by atoms with Crippen LogP contribution < -0.4 is 5.32 Å². The minimum Gasteiger partial charge on any atom is -0.478 e. The molecule has 2 N–H and O–H groups in total. The Kier molecular flexibility index (Phi) is 5.42. The monoisotopic (exact) mass is 450 g/mol. The molecule has 5 aromatic rings. The second-order valence-electron chi connectivity index (χ2n) is 7.41. The van der Waals surface area contributed by atoms with E-state index >= 15 is 0 Å². The van der Waals surface area contributed by atoms with Crippen LogP contribution in [0.4, 0.5) is 5.69 Å². The van der Waals surface area contributed by atoms with Gasteiger partial charge in [-0.3, -0.25) is 4.79 Å². The van der Waals surface area contributed by atoms with Crippen molar-refractivity contribution in [2.24, 2.45) is 0 Å². The molecule has 0 saturated heterocycles. The summed E-state index contributed by atoms with van der Waals surface area (Å²) in [4.78, 5) is 29.4. The van der Waals surface area contributed by atoms with Crippen LogP contribution in [0.3, 0.4) is 0 Å². The molecule has 6 heteroatoms. The molecular formula is C27H18N2O3S. The number of aromatic nitrogens is 1. The highest BCUT2D eigenvalue weighted by Gasteiger charge is 2.17. The molecule has 1 heterocycles. The number of benzene rings is 4. The molecule has 0 fully saturated rings. The predicted octanol–water partition coefficient (Wildman–Crippen LogP) is 6.58. The Morgan fingerprint density at radius 2 is 1.33 bits per heavy atom. The molecule has 5 rings (SSSR count). The van der Waals surface area contributed by atoms with Gasteiger partial charge in [-0.1, -0.05) is 48.5 Å². The number of hydrogen-bond acceptors (Lipinski definition) is 4. The minimum atomic E-state index is -1.04. The number of fused-ring (bicyclic) bond motifs is 1. The Hall–Kier alpha value is -4.29. The van der Waals surface area contributed by atoms with Gasteiger partial charge in [-0.2, -0.15) is 0 Å². The number of para-hydroxylation sites is 1. The number of carboxylic acids is 1. The number of anilines is 1. The van der Waals surface area contributed by atoms with Crippen molar-refractivity contribution in [2.75, 3.05) is 5.32 Å². The first-order valence-electron chi connectivity index (χ1n) is 10.3. The van der Waals surface area contributed by atoms with Crippen LogP contribution in [0.25, 0.3) is 31.9 Å². The Labute approximate surface area is 194 Å². The van der Waals surface area contributed by atoms with Crippen molar-refractivity contribution in [1.29, 1.82) is 0 Å². The summed E-state index contributed by atoms with van der Waals surface area (Å²) in [5.74, 6) is -1.34. The third-order valence-corrected chi connectivity index (χ3v) is 6.39. The highest BCUT2D eigenvalue weighted by atomic mass is 32.1. The average molecular weight is 451 g/mol. The smallest absolute Gasteiger partial charge is 0.336 e. The number of aromatic carboxylic acids is 1. The zero-order chi connectivity index (χ0) is 22.8. The van der Waals surface area contributed by atoms with Crippen molar-refractivity contribution in [3.8, 4) is 21.7 Å². The maximum absolute atomic E-state index is 13.1. The largest absolute Gasteiger partial charge is 0.478 e. The zero-order valence-electron chi connectivity index (χ0n) is 17.4. The summed E-state index contributed by atoms with van der Waals surface area (Å²) < 4.78 is 1.13. The molecule has 5 nitrogen and oxygen atoms in total. The van der Waals surface area contributed by atoms with Crippen molar-refractivity contribution in [3.63, 3.8) is 0 Å². The highest BCUT2D eigenvalue weighted by molar-refractivity contribution is 7.21. The van der Waals surface area contributed by atoms with Gasteiger partial charge in [0.15, 0.2) is 0 Å². The summed E-state index contributed by atoms with van der Waals surface area (Å²) in [5, 5.41) is 13.4. The summed E-state index contributed by atoms with van der Waals surface area (Å²) in [7, 11) is 0. The third-order valence-electron chi connectivity index (χ3n) is 5.30. The van der Waals surface area contributed by atoms with E-state index in [2.05, 4.69) is 10.3 Å². The van der Waals surface area contributed by atoms with Gasteiger partial charge >= 0.3 is 5.97 Å². The number of thiazole rings is 1. The molecule has 0 unspecified atom stereocenters. The number of carbonyl (C=O) groups excluding carboxylic acids is 1. The zero-order valence-corrected chi connectivity index (χ0v) is 18.2. The summed E-state index contributed by atoms with van der Waals surface area (Å²) >= 11 is 1.62. The Balaban J connectivity index is 1.41. The lowest BCUT2D eigenvalue weighted by molar-refractivity contribution is 0.0697. The number of rotatable bonds is 5. The number of carbonyl (C=O) groups is 2. The molecule has 0 radical (unpaired) electrons. The molecule has 0 saturated carbocycles. The number of nitrogens with zero attached hydrogens (tertiary/aromatic N) is 1. The fourth-order valence-electron chi connectivity index (χ4n) is 3.71. The van der Waals surface area contributed by atoms with Crippen LogP contribution in [0.5, 0.6) is 0 Å². The molecule has 1 aromatic heterocycles. The molecule has 0 spiro atoms. The normalized spacial score (nSPS) is 10.8. The first kappa shape index (κ1) is 20.6. The number of amides is 1. The van der Waals surface area contributed by atoms with Gasteiger partial charge in [-0.15, -0.1) is 11.3 Å². The molecule has 0 aliphatic carbocycles. The van der Waals surface area contributed by atoms with Gasteiger partial charge in [-0.25, -0.2) is 9.78 Å². The fourth-order valence-corrected chi connectivity index (χ4v) is 4.68. The lowest BCUT2D eigenvalue weighted by Crippen LogP contribution is -2.13. The van der Waals surface area contributed by atoms with E-state index in [1.165, 1.54) is 6.07 Å². The average Bonchev–Trinajstić information content (AvgIpc) is 3.29. The van der Waals surface area contributed by atoms with E-state index in [1.807, 2.05) is 48.5 Å². The SMILES string of the molecule is O=C(O)c1ccccc1-c1ccccc1C(=O)Nc1ccc(-c2nc3ccccc3s2)cc1. The van der Waals surface area contributed by atoms with E-state index in [-0.39, 0.29) is 11.5 Å². The maximum Gasteiger partial charge on any atom is 0.336 e. The third kappa shape index (κ3) is 4.12. The van der Waals surface area contributed by atoms with E-state index in [1.54, 1.807) is 53.8 Å². The summed E-state index contributed by atoms with van der Waals surface area (Å²) in [6, 6.07) is 29.2. The van der Waals surface area contributed by atoms with Crippen LogP contribution in [-0.2, 0) is 0 Å². The van der Waals surface area contributed by atoms with Crippen LogP contribution in [0.2, 0.25) is 0 Å². The molecule has 0 aliphatic heterocycles. The summed E-state index contributed by atoms with van der Waals surface area (Å²) in [6.07, 6.45) is 0. The summed E-state index contributed by atoms with van der Waals surface area (Å²) in [5.41, 5.74) is 4.21. The van der Waals surface area contributed by atoms with E-state index < -0.39 is 5.97 Å². The van der Waals surface area contributed by atoms with Crippen molar-refractivity contribution >= 4 is 39.1 Å². The molecule has 160 valence electrons. The van der Waals surface area contributed by atoms with Gasteiger partial charge in [-0.05, 0) is 59.7 Å². The van der Waals surface area contributed by atoms with Gasteiger partial charge in [0.1, 0.15) is 5.01 Å². The molecule has 1 amide bonds. The van der Waals surface area contributed by atoms with Gasteiger partial charge in [0.2, 0.25) is 0 Å². The Bertz CT molecular complexity index is 1460. The van der Waals surface area contributed by atoms with Crippen LogP contribution in [0.1, 0.15) is 20.7 Å². The first-order valence-corrected chi connectivity index (χ1v) is 11.1. The first-order chi connectivity index (χ1) is 16.1. The number of hydrogen-bond donors (Lipinski definition) is 2. The summed E-state index contributed by atoms with van der Waals surface area (Å²) in [6.45, 7) is 0. The van der Waals surface area contributed by atoms with Gasteiger partial charge in [0, 0.05) is 16.8 Å². The van der Waals surface area contributed by atoms with Crippen LogP contribution in [0, 0.1) is 0 Å². The lowest BCUT2D eigenvalue weighted by atomic mass is 9.95. The maximum atomic E-state index is 13.1. The fraction of sp³-hybridized carbons (Fsp3) is 0. The second-order valence-corrected chi connectivity index (χ2v) is 8.45. The van der Waals surface area contributed by atoms with Gasteiger partial charge < -0.3 is 10.4 Å². The van der Waals surface area contributed by atoms with E-state index in [9.17, 15) is 14.7 Å². The van der Waals surface area contributed by atoms with Crippen LogP contribution in [-0.4, -0.2) is 22.0 Å². The standard InChI is InChI=1S/C27H18N2O3S/c30-25(21-9-3-1-7-19(21)20-8-2-4-10-22(20)27(31)32)28-18-15-13-17(14-16-18)26-29-23-11-5-6-12-24(23)33-26/h1-16H,(H,28,30)(H,31,32). The van der Waals surface area contributed by atoms with Crippen LogP contribution >= 0.6 is 11.3 Å². The van der Waals surface area contributed by atoms with Crippen LogP contribution in [0.15, 0.2) is 97.1 Å². The molecule has 33 heavy (non-hydrogen) atoms. The number of nitrogens with one attached hydrogen (secondary N) is 1. The van der Waals surface area contributed by atoms with E-state index in [0.717, 1.165) is 20.8 Å². The van der Waals surface area contributed by atoms with E-state index in [0.29, 0.717) is 22.4 Å². The molecule has 4 aromatic carbocycles. The second kappa shape index (κ2) is 8.68. The quantitative estimate of drug-likeness (QED) is 0.317. The Morgan fingerprint density at radius 3 is 2.03 bits per heavy atom. The van der Waals surface area contributed by atoms with Crippen molar-refractivity contribution in [3.05, 3.63) is 108 Å². The topological polar surface area (TPSA) is 79.3 Å². The Morgan fingerprint density at radius 1 is 0.727 bits per heavy atom. The number of carboxylic acid groups (broad SMARTS) is 1. The van der Waals surface area contributed by atoms with Gasteiger partial charge in [0.05, 0.1) is 15.8 Å². The van der Waals surface area contributed by atoms with E-state index in [4.69, 9.17) is 0 Å². The van der Waals surface area contributed by atoms with Crippen molar-refractivity contribution in [1.82, 2.24) is 4.98 Å². The predicted molar refractivity (Wildman–Crippen MR) is 132 cm³/mol. The lowest BCUT2D eigenvalue weighted by Gasteiger charge is -2.12. The minimum absolute atomic E-state index is 0.151. The molecule has 0 bridgehead atoms. The highest BCUT2D eigenvalue weighted by Crippen LogP contribution is 2.31. The van der Waals surface area contributed by atoms with Crippen molar-refractivity contribution in [2.45, 2.75) is 0 Å².